The number of nitrogens with two attached hydrogens (primary N) is 1. The number of hydrogen-bond donors (Lipinski definition) is 3. The number of carbonyl (C=O) groups is 2. The Morgan fingerprint density at radius 1 is 1.22 bits per heavy atom. The van der Waals surface area contributed by atoms with Gasteiger partial charge in [0.15, 0.2) is 0 Å². The van der Waals surface area contributed by atoms with Crippen LogP contribution in [0.4, 0.5) is 5.69 Å². The number of aliphatic hydroxyl groups is 1. The number of Topliss-reactive ketones (excluding diaryl/α,β-unsaturated/α-hetero) is 1. The number of fused-ring (bicyclic) bond motifs is 6. The SMILES string of the molecule is COc1cc(C(=O)NC23C(=O)c4c(N)cccc4C2(O)Oc2cc(C(C)C)ccc23)nc2c1CCC=C2. The molecule has 0 bridgehead atoms. The van der Waals surface area contributed by atoms with Crippen LogP contribution < -0.4 is 20.5 Å². The summed E-state index contributed by atoms with van der Waals surface area (Å²) in [6.07, 6.45) is 5.44. The van der Waals surface area contributed by atoms with Crippen molar-refractivity contribution in [3.8, 4) is 11.5 Å². The lowest BCUT2D eigenvalue weighted by molar-refractivity contribution is -0.169. The van der Waals surface area contributed by atoms with Crippen LogP contribution in [0.3, 0.4) is 0 Å². The number of nitrogens with one attached hydrogen (secondary N) is 1. The van der Waals surface area contributed by atoms with Crippen LogP contribution in [-0.4, -0.2) is 28.9 Å². The van der Waals surface area contributed by atoms with E-state index in [4.69, 9.17) is 15.2 Å². The van der Waals surface area contributed by atoms with Crippen LogP contribution in [0.1, 0.15) is 75.0 Å². The second-order valence-corrected chi connectivity index (χ2v) is 9.97. The van der Waals surface area contributed by atoms with Crippen molar-refractivity contribution in [3.63, 3.8) is 0 Å². The van der Waals surface area contributed by atoms with Gasteiger partial charge in [-0.1, -0.05) is 44.2 Å². The number of carbonyl (C=O) groups excluding carboxylic acids is 2. The topological polar surface area (TPSA) is 124 Å². The summed E-state index contributed by atoms with van der Waals surface area (Å²) in [5.74, 6) is -2.33. The Kier molecular flexibility index (Phi) is 4.97. The largest absolute Gasteiger partial charge is 0.496 e. The van der Waals surface area contributed by atoms with Crippen molar-refractivity contribution in [2.75, 3.05) is 12.8 Å². The molecule has 1 aliphatic heterocycles. The van der Waals surface area contributed by atoms with Gasteiger partial charge >= 0.3 is 0 Å². The standard InChI is InChI=1S/C29H27N3O5/c1-15(2)16-11-12-18-24(13-16)37-29(35)19-8-6-9-20(30)25(19)26(33)28(18,29)32-27(34)22-14-23(36-3)17-7-4-5-10-21(17)31-22/h5-6,8-15,35H,4,7,30H2,1-3H3,(H,32,34). The van der Waals surface area contributed by atoms with Crippen LogP contribution in [-0.2, 0) is 17.7 Å². The van der Waals surface area contributed by atoms with Gasteiger partial charge in [0.05, 0.1) is 18.4 Å². The minimum atomic E-state index is -2.19. The molecule has 3 aliphatic rings. The number of ketones is 1. The quantitative estimate of drug-likeness (QED) is 0.468. The molecule has 3 aromatic rings. The first-order valence-electron chi connectivity index (χ1n) is 12.3. The number of rotatable bonds is 4. The maximum absolute atomic E-state index is 14.1. The van der Waals surface area contributed by atoms with Crippen molar-refractivity contribution in [1.82, 2.24) is 10.3 Å². The molecule has 37 heavy (non-hydrogen) atoms. The highest BCUT2D eigenvalue weighted by molar-refractivity contribution is 6.16. The molecule has 1 amide bonds. The minimum absolute atomic E-state index is 0.0582. The normalized spacial score (nSPS) is 22.7. The van der Waals surface area contributed by atoms with E-state index < -0.39 is 23.0 Å². The maximum Gasteiger partial charge on any atom is 0.271 e. The number of methoxy groups -OCH3 is 1. The number of amides is 1. The highest BCUT2D eigenvalue weighted by atomic mass is 16.6. The van der Waals surface area contributed by atoms with E-state index in [0.29, 0.717) is 22.8 Å². The van der Waals surface area contributed by atoms with E-state index >= 15 is 0 Å². The zero-order valence-corrected chi connectivity index (χ0v) is 20.8. The van der Waals surface area contributed by atoms with Crippen LogP contribution >= 0.6 is 0 Å². The van der Waals surface area contributed by atoms with E-state index in [9.17, 15) is 14.7 Å². The van der Waals surface area contributed by atoms with Gasteiger partial charge in [0, 0.05) is 28.4 Å². The number of ether oxygens (including phenoxy) is 2. The molecular formula is C29H27N3O5. The van der Waals surface area contributed by atoms with Crippen molar-refractivity contribution < 1.29 is 24.2 Å². The van der Waals surface area contributed by atoms with Crippen molar-refractivity contribution >= 4 is 23.5 Å². The van der Waals surface area contributed by atoms with E-state index in [-0.39, 0.29) is 28.4 Å². The number of nitrogens with zero attached hydrogens (tertiary/aromatic N) is 1. The number of allylic oxidation sites excluding steroid dienone is 1. The predicted molar refractivity (Wildman–Crippen MR) is 138 cm³/mol. The van der Waals surface area contributed by atoms with E-state index in [0.717, 1.165) is 24.0 Å². The molecule has 2 aromatic carbocycles. The molecular weight excluding hydrogens is 470 g/mol. The monoisotopic (exact) mass is 497 g/mol. The molecule has 2 unspecified atom stereocenters. The first-order chi connectivity index (χ1) is 17.7. The first-order valence-corrected chi connectivity index (χ1v) is 12.3. The third-order valence-corrected chi connectivity index (χ3v) is 7.58. The number of benzene rings is 2. The summed E-state index contributed by atoms with van der Waals surface area (Å²) in [5, 5.41) is 14.9. The van der Waals surface area contributed by atoms with E-state index in [1.165, 1.54) is 0 Å². The molecule has 2 aliphatic carbocycles. The van der Waals surface area contributed by atoms with Gasteiger partial charge in [-0.25, -0.2) is 4.98 Å². The van der Waals surface area contributed by atoms with Gasteiger partial charge in [-0.15, -0.1) is 0 Å². The Labute approximate surface area is 214 Å². The number of hydrogen-bond acceptors (Lipinski definition) is 7. The molecule has 8 heteroatoms. The summed E-state index contributed by atoms with van der Waals surface area (Å²) in [7, 11) is 1.54. The van der Waals surface area contributed by atoms with Gasteiger partial charge in [-0.05, 0) is 42.5 Å². The Morgan fingerprint density at radius 3 is 2.78 bits per heavy atom. The fraction of sp³-hybridized carbons (Fsp3) is 0.276. The Balaban J connectivity index is 1.53. The zero-order valence-electron chi connectivity index (χ0n) is 20.8. The third kappa shape index (κ3) is 3.02. The summed E-state index contributed by atoms with van der Waals surface area (Å²) in [6.45, 7) is 4.07. The molecule has 0 saturated carbocycles. The third-order valence-electron chi connectivity index (χ3n) is 7.58. The van der Waals surface area contributed by atoms with Crippen LogP contribution in [0.2, 0.25) is 0 Å². The van der Waals surface area contributed by atoms with E-state index in [2.05, 4.69) is 10.3 Å². The Morgan fingerprint density at radius 2 is 2.03 bits per heavy atom. The van der Waals surface area contributed by atoms with Gasteiger partial charge < -0.3 is 25.6 Å². The number of anilines is 1. The van der Waals surface area contributed by atoms with Gasteiger partial charge in [0.2, 0.25) is 11.3 Å². The smallest absolute Gasteiger partial charge is 0.271 e. The summed E-state index contributed by atoms with van der Waals surface area (Å²) >= 11 is 0. The average Bonchev–Trinajstić information content (AvgIpc) is 3.25. The second-order valence-electron chi connectivity index (χ2n) is 9.97. The molecule has 0 saturated heterocycles. The van der Waals surface area contributed by atoms with Crippen molar-refractivity contribution in [2.45, 2.75) is 43.9 Å². The minimum Gasteiger partial charge on any atom is -0.496 e. The Bertz CT molecular complexity index is 1530. The van der Waals surface area contributed by atoms with Crippen LogP contribution in [0.5, 0.6) is 11.5 Å². The van der Waals surface area contributed by atoms with Crippen molar-refractivity contribution in [3.05, 3.63) is 87.7 Å². The lowest BCUT2D eigenvalue weighted by Crippen LogP contribution is -2.60. The lowest BCUT2D eigenvalue weighted by atomic mass is 9.82. The summed E-state index contributed by atoms with van der Waals surface area (Å²) in [6, 6.07) is 11.8. The highest BCUT2D eigenvalue weighted by Crippen LogP contribution is 2.59. The van der Waals surface area contributed by atoms with Crippen LogP contribution in [0.15, 0.2) is 48.5 Å². The maximum atomic E-state index is 14.1. The Hall–Kier alpha value is -4.17. The fourth-order valence-electron chi connectivity index (χ4n) is 5.66. The first kappa shape index (κ1) is 23.2. The van der Waals surface area contributed by atoms with Crippen LogP contribution in [0, 0.1) is 0 Å². The van der Waals surface area contributed by atoms with Gasteiger partial charge in [-0.3, -0.25) is 9.59 Å². The van der Waals surface area contributed by atoms with Crippen molar-refractivity contribution in [2.24, 2.45) is 0 Å². The van der Waals surface area contributed by atoms with E-state index in [1.54, 1.807) is 43.5 Å². The number of aromatic nitrogens is 1. The molecule has 188 valence electrons. The summed E-state index contributed by atoms with van der Waals surface area (Å²) < 4.78 is 11.7. The molecule has 8 nitrogen and oxygen atoms in total. The average molecular weight is 498 g/mol. The molecule has 2 heterocycles. The summed E-state index contributed by atoms with van der Waals surface area (Å²) in [4.78, 5) is 32.5. The molecule has 1 aromatic heterocycles. The van der Waals surface area contributed by atoms with Gasteiger partial charge in [0.1, 0.15) is 17.2 Å². The van der Waals surface area contributed by atoms with E-state index in [1.807, 2.05) is 32.1 Å². The molecule has 0 radical (unpaired) electrons. The highest BCUT2D eigenvalue weighted by Gasteiger charge is 2.72. The summed E-state index contributed by atoms with van der Waals surface area (Å²) in [5.41, 5.74) is 7.71. The van der Waals surface area contributed by atoms with Crippen LogP contribution in [0.25, 0.3) is 6.08 Å². The van der Waals surface area contributed by atoms with Crippen molar-refractivity contribution in [1.29, 1.82) is 0 Å². The number of nitrogen functional groups attached to an aromatic ring is 1. The lowest BCUT2D eigenvalue weighted by Gasteiger charge is -2.34. The molecule has 0 fully saturated rings. The fourth-order valence-corrected chi connectivity index (χ4v) is 5.66. The second kappa shape index (κ2) is 7.91. The molecule has 2 atom stereocenters. The van der Waals surface area contributed by atoms with Gasteiger partial charge in [0.25, 0.3) is 11.7 Å². The number of pyridine rings is 1. The predicted octanol–water partition coefficient (Wildman–Crippen LogP) is 3.81. The molecule has 6 rings (SSSR count). The zero-order chi connectivity index (χ0) is 26.1. The van der Waals surface area contributed by atoms with Gasteiger partial charge in [-0.2, -0.15) is 0 Å². The molecule has 0 spiro atoms. The molecule has 4 N–H and O–H groups in total.